The molecule has 7 atom stereocenters. The van der Waals surface area contributed by atoms with Gasteiger partial charge in [0.15, 0.2) is 0 Å². The van der Waals surface area contributed by atoms with Crippen LogP contribution in [-0.4, -0.2) is 21.4 Å². The van der Waals surface area contributed by atoms with Crippen LogP contribution in [0.5, 0.6) is 0 Å². The molecule has 4 rings (SSSR count). The van der Waals surface area contributed by atoms with Crippen LogP contribution in [0.25, 0.3) is 0 Å². The molecular formula is C20H27ClO2. The Morgan fingerprint density at radius 2 is 1.83 bits per heavy atom. The van der Waals surface area contributed by atoms with E-state index in [-0.39, 0.29) is 10.3 Å². The van der Waals surface area contributed by atoms with Crippen molar-refractivity contribution < 1.29 is 9.90 Å². The first-order valence-corrected chi connectivity index (χ1v) is 9.62. The standard InChI is InChI=1S/C20H27ClO2/c1-3-20(23)11-8-16-14-7-10-19(21)12-13(22)4-5-17(19)15(14)6-9-18(16,20)2/h1,14-17,23H,4-12H2,2H3. The first-order chi connectivity index (χ1) is 10.8. The highest BCUT2D eigenvalue weighted by Crippen LogP contribution is 2.66. The zero-order valence-corrected chi connectivity index (χ0v) is 14.7. The average molecular weight is 335 g/mol. The van der Waals surface area contributed by atoms with E-state index < -0.39 is 5.60 Å². The topological polar surface area (TPSA) is 37.3 Å². The molecule has 126 valence electrons. The minimum absolute atomic E-state index is 0.139. The number of halogens is 1. The normalized spacial score (nSPS) is 55.5. The van der Waals surface area contributed by atoms with Crippen LogP contribution >= 0.6 is 11.6 Å². The van der Waals surface area contributed by atoms with Crippen molar-refractivity contribution in [3.63, 3.8) is 0 Å². The van der Waals surface area contributed by atoms with E-state index in [1.165, 1.54) is 0 Å². The van der Waals surface area contributed by atoms with Crippen molar-refractivity contribution in [3.8, 4) is 12.3 Å². The summed E-state index contributed by atoms with van der Waals surface area (Å²) in [6, 6.07) is 0. The lowest BCUT2D eigenvalue weighted by Crippen LogP contribution is -2.56. The fraction of sp³-hybridized carbons (Fsp3) is 0.850. The summed E-state index contributed by atoms with van der Waals surface area (Å²) in [4.78, 5) is 11.6. The number of hydrogen-bond acceptors (Lipinski definition) is 2. The predicted molar refractivity (Wildman–Crippen MR) is 91.0 cm³/mol. The molecule has 4 aliphatic carbocycles. The first-order valence-electron chi connectivity index (χ1n) is 9.24. The van der Waals surface area contributed by atoms with Crippen molar-refractivity contribution in [1.82, 2.24) is 0 Å². The summed E-state index contributed by atoms with van der Waals surface area (Å²) < 4.78 is 0. The molecule has 4 aliphatic rings. The molecule has 0 aliphatic heterocycles. The second kappa shape index (κ2) is 4.99. The summed E-state index contributed by atoms with van der Waals surface area (Å²) in [5.74, 6) is 5.31. The molecule has 0 heterocycles. The zero-order valence-electron chi connectivity index (χ0n) is 14.0. The molecule has 0 saturated heterocycles. The van der Waals surface area contributed by atoms with E-state index >= 15 is 0 Å². The number of carbonyl (C=O) groups is 1. The number of terminal acetylenes is 1. The third-order valence-electron chi connectivity index (χ3n) is 8.18. The monoisotopic (exact) mass is 334 g/mol. The Balaban J connectivity index is 1.64. The third-order valence-corrected chi connectivity index (χ3v) is 8.79. The molecule has 23 heavy (non-hydrogen) atoms. The van der Waals surface area contributed by atoms with Gasteiger partial charge < -0.3 is 5.11 Å². The molecule has 0 aromatic heterocycles. The minimum Gasteiger partial charge on any atom is -0.377 e. The number of carbonyl (C=O) groups excluding carboxylic acids is 1. The van der Waals surface area contributed by atoms with E-state index in [2.05, 4.69) is 12.8 Å². The van der Waals surface area contributed by atoms with Crippen LogP contribution in [-0.2, 0) is 4.79 Å². The number of rotatable bonds is 0. The Bertz CT molecular complexity index is 581. The Hall–Kier alpha value is -0.520. The van der Waals surface area contributed by atoms with Crippen LogP contribution in [0.4, 0.5) is 0 Å². The lowest BCUT2D eigenvalue weighted by Gasteiger charge is -2.58. The molecular weight excluding hydrogens is 308 g/mol. The summed E-state index contributed by atoms with van der Waals surface area (Å²) >= 11 is 6.95. The van der Waals surface area contributed by atoms with Gasteiger partial charge in [-0.05, 0) is 68.6 Å². The van der Waals surface area contributed by atoms with Gasteiger partial charge >= 0.3 is 0 Å². The molecule has 0 aromatic rings. The van der Waals surface area contributed by atoms with Gasteiger partial charge in [-0.15, -0.1) is 18.0 Å². The molecule has 0 amide bonds. The summed E-state index contributed by atoms with van der Waals surface area (Å²) in [7, 11) is 0. The van der Waals surface area contributed by atoms with Gasteiger partial charge in [0.25, 0.3) is 0 Å². The van der Waals surface area contributed by atoms with Crippen LogP contribution in [0.3, 0.4) is 0 Å². The quantitative estimate of drug-likeness (QED) is 0.538. The first kappa shape index (κ1) is 16.0. The number of Topliss-reactive ketones (excluding diaryl/α,β-unsaturated/α-hetero) is 1. The van der Waals surface area contributed by atoms with E-state index in [9.17, 15) is 9.90 Å². The highest BCUT2D eigenvalue weighted by atomic mass is 35.5. The highest BCUT2D eigenvalue weighted by molar-refractivity contribution is 6.25. The lowest BCUT2D eigenvalue weighted by molar-refractivity contribution is -0.128. The second-order valence-corrected chi connectivity index (χ2v) is 9.62. The van der Waals surface area contributed by atoms with Crippen LogP contribution in [0.15, 0.2) is 0 Å². The van der Waals surface area contributed by atoms with Gasteiger partial charge in [0.05, 0.1) is 4.87 Å². The van der Waals surface area contributed by atoms with Crippen molar-refractivity contribution in [3.05, 3.63) is 0 Å². The van der Waals surface area contributed by atoms with E-state index in [1.54, 1.807) is 0 Å². The van der Waals surface area contributed by atoms with Crippen molar-refractivity contribution in [2.24, 2.45) is 29.1 Å². The van der Waals surface area contributed by atoms with E-state index in [1.807, 2.05) is 0 Å². The van der Waals surface area contributed by atoms with Crippen LogP contribution in [0, 0.1) is 41.4 Å². The van der Waals surface area contributed by atoms with Crippen molar-refractivity contribution in [1.29, 1.82) is 0 Å². The maximum Gasteiger partial charge on any atom is 0.134 e. The Morgan fingerprint density at radius 3 is 2.57 bits per heavy atom. The minimum atomic E-state index is -0.930. The molecule has 7 unspecified atom stereocenters. The summed E-state index contributed by atoms with van der Waals surface area (Å²) in [5.41, 5.74) is -1.07. The van der Waals surface area contributed by atoms with Crippen LogP contribution in [0.2, 0.25) is 0 Å². The fourth-order valence-corrected chi connectivity index (χ4v) is 7.41. The van der Waals surface area contributed by atoms with Crippen molar-refractivity contribution in [2.75, 3.05) is 0 Å². The van der Waals surface area contributed by atoms with Crippen molar-refractivity contribution in [2.45, 2.75) is 75.2 Å². The molecule has 4 saturated carbocycles. The number of aliphatic hydroxyl groups is 1. The molecule has 0 bridgehead atoms. The lowest BCUT2D eigenvalue weighted by atomic mass is 9.49. The highest BCUT2D eigenvalue weighted by Gasteiger charge is 2.64. The molecule has 0 spiro atoms. The van der Waals surface area contributed by atoms with Crippen LogP contribution in [0.1, 0.15) is 64.7 Å². The summed E-state index contributed by atoms with van der Waals surface area (Å²) in [6.07, 6.45) is 13.9. The molecule has 4 fully saturated rings. The molecule has 1 N–H and O–H groups in total. The van der Waals surface area contributed by atoms with Gasteiger partial charge in [-0.3, -0.25) is 4.79 Å². The number of ketones is 1. The number of alkyl halides is 1. The van der Waals surface area contributed by atoms with Crippen molar-refractivity contribution >= 4 is 17.4 Å². The maximum atomic E-state index is 11.9. The Kier molecular flexibility index (Phi) is 3.47. The average Bonchev–Trinajstić information content (AvgIpc) is 2.78. The summed E-state index contributed by atoms with van der Waals surface area (Å²) in [5, 5.41) is 11.0. The largest absolute Gasteiger partial charge is 0.377 e. The number of hydrogen-bond donors (Lipinski definition) is 1. The number of fused-ring (bicyclic) bond motifs is 5. The molecule has 0 radical (unpaired) electrons. The van der Waals surface area contributed by atoms with E-state index in [0.717, 1.165) is 44.9 Å². The smallest absolute Gasteiger partial charge is 0.134 e. The van der Waals surface area contributed by atoms with Gasteiger partial charge in [0.2, 0.25) is 0 Å². The van der Waals surface area contributed by atoms with E-state index in [4.69, 9.17) is 18.0 Å². The Morgan fingerprint density at radius 1 is 1.13 bits per heavy atom. The van der Waals surface area contributed by atoms with Gasteiger partial charge in [-0.1, -0.05) is 12.8 Å². The molecule has 2 nitrogen and oxygen atoms in total. The molecule has 3 heteroatoms. The van der Waals surface area contributed by atoms with Gasteiger partial charge in [0.1, 0.15) is 11.4 Å². The predicted octanol–water partition coefficient (Wildman–Crippen LogP) is 3.93. The van der Waals surface area contributed by atoms with Crippen LogP contribution < -0.4 is 0 Å². The second-order valence-electron chi connectivity index (χ2n) is 8.87. The third kappa shape index (κ3) is 2.02. The van der Waals surface area contributed by atoms with Gasteiger partial charge in [0, 0.05) is 18.3 Å². The fourth-order valence-electron chi connectivity index (χ4n) is 6.89. The SMILES string of the molecule is C#CC1(O)CCC2C3CCC4(Cl)CC(=O)CCC4C3CCC21C. The van der Waals surface area contributed by atoms with E-state index in [0.29, 0.717) is 42.3 Å². The summed E-state index contributed by atoms with van der Waals surface area (Å²) in [6.45, 7) is 2.22. The van der Waals surface area contributed by atoms with Gasteiger partial charge in [-0.25, -0.2) is 0 Å². The van der Waals surface area contributed by atoms with Gasteiger partial charge in [-0.2, -0.15) is 0 Å². The maximum absolute atomic E-state index is 11.9. The Labute approximate surface area is 144 Å². The zero-order chi connectivity index (χ0) is 16.5. The molecule has 0 aromatic carbocycles.